The van der Waals surface area contributed by atoms with Crippen molar-refractivity contribution in [2.75, 3.05) is 6.54 Å². The van der Waals surface area contributed by atoms with Gasteiger partial charge in [0.15, 0.2) is 0 Å². The fraction of sp³-hybridized carbons (Fsp3) is 0.545. The maximum atomic E-state index is 11.4. The molecule has 0 aromatic carbocycles. The van der Waals surface area contributed by atoms with Crippen molar-refractivity contribution in [3.05, 3.63) is 11.1 Å². The Balaban J connectivity index is 0. The second-order valence-electron chi connectivity index (χ2n) is 4.32. The van der Waals surface area contributed by atoms with Crippen molar-refractivity contribution < 1.29 is 15.8 Å². The second-order valence-corrected chi connectivity index (χ2v) is 4.58. The molecule has 0 unspecified atom stereocenters. The van der Waals surface area contributed by atoms with Crippen LogP contribution in [-0.2, 0) is 14.3 Å². The van der Waals surface area contributed by atoms with Crippen LogP contribution in [0, 0.1) is 0 Å². The molecule has 0 saturated heterocycles. The highest BCUT2D eigenvalue weighted by atomic mass is 32.1. The van der Waals surface area contributed by atoms with Gasteiger partial charge >= 0.3 is 5.97 Å². The first-order valence-electron chi connectivity index (χ1n) is 5.07. The van der Waals surface area contributed by atoms with Gasteiger partial charge in [0.25, 0.3) is 0 Å². The zero-order valence-corrected chi connectivity index (χ0v) is 11.2. The summed E-state index contributed by atoms with van der Waals surface area (Å²) in [4.78, 5) is 26.2. The number of thiol groups is 1. The van der Waals surface area contributed by atoms with Gasteiger partial charge in [-0.25, -0.2) is 0 Å². The number of aliphatic imine (C=N–C) groups is 1. The molecule has 0 aliphatic carbocycles. The average Bonchev–Trinajstić information content (AvgIpc) is 2.20. The maximum absolute atomic E-state index is 11.4. The molecule has 0 rings (SSSR count). The number of hydrogen-bond donors (Lipinski definition) is 2. The Morgan fingerprint density at radius 1 is 1.53 bits per heavy atom. The summed E-state index contributed by atoms with van der Waals surface area (Å²) < 4.78 is 5.03. The van der Waals surface area contributed by atoms with Crippen LogP contribution in [0.1, 0.15) is 28.6 Å². The predicted octanol–water partition coefficient (Wildman–Crippen LogP) is 1.55. The van der Waals surface area contributed by atoms with Crippen LogP contribution in [0.15, 0.2) is 16.1 Å². The second kappa shape index (κ2) is 7.11. The van der Waals surface area contributed by atoms with Crippen LogP contribution in [-0.4, -0.2) is 30.7 Å². The van der Waals surface area contributed by atoms with Crippen molar-refractivity contribution in [1.29, 1.82) is 0 Å². The lowest BCUT2D eigenvalue weighted by molar-refractivity contribution is -0.154. The minimum Gasteiger partial charge on any atom is -0.459 e. The van der Waals surface area contributed by atoms with Gasteiger partial charge in [0.05, 0.1) is 12.1 Å². The molecule has 0 bridgehead atoms. The Labute approximate surface area is 108 Å². The van der Waals surface area contributed by atoms with Crippen LogP contribution >= 0.6 is 12.6 Å². The summed E-state index contributed by atoms with van der Waals surface area (Å²) >= 11 is 3.87. The zero-order chi connectivity index (χ0) is 13.5. The van der Waals surface area contributed by atoms with Crippen LogP contribution in [0.5, 0.6) is 0 Å². The molecular formula is C11H20N2O3S. The third-order valence-electron chi connectivity index (χ3n) is 1.54. The van der Waals surface area contributed by atoms with E-state index in [4.69, 9.17) is 4.74 Å². The highest BCUT2D eigenvalue weighted by molar-refractivity contribution is 7.83. The third kappa shape index (κ3) is 8.50. The van der Waals surface area contributed by atoms with Gasteiger partial charge in [-0.05, 0) is 32.9 Å². The van der Waals surface area contributed by atoms with E-state index in [1.165, 1.54) is 5.41 Å². The molecule has 0 atom stereocenters. The van der Waals surface area contributed by atoms with Gasteiger partial charge in [0.2, 0.25) is 5.91 Å². The van der Waals surface area contributed by atoms with Crippen molar-refractivity contribution >= 4 is 31.2 Å². The lowest BCUT2D eigenvalue weighted by Gasteiger charge is -2.19. The molecule has 1 N–H and O–H groups in total. The molecule has 0 spiro atoms. The monoisotopic (exact) mass is 260 g/mol. The SMILES string of the molecule is C=N/C(=C\S)CC(=O)NCC(=O)OC(C)(C)C.[HH]. The number of esters is 1. The number of amides is 1. The van der Waals surface area contributed by atoms with Gasteiger partial charge in [-0.3, -0.25) is 14.6 Å². The van der Waals surface area contributed by atoms with E-state index >= 15 is 0 Å². The van der Waals surface area contributed by atoms with Crippen molar-refractivity contribution in [2.45, 2.75) is 32.8 Å². The highest BCUT2D eigenvalue weighted by Crippen LogP contribution is 2.06. The minimum atomic E-state index is -0.555. The molecule has 0 fully saturated rings. The Bertz CT molecular complexity index is 338. The first-order chi connectivity index (χ1) is 7.78. The lowest BCUT2D eigenvalue weighted by Crippen LogP contribution is -2.34. The van der Waals surface area contributed by atoms with Crippen LogP contribution in [0.25, 0.3) is 0 Å². The topological polar surface area (TPSA) is 67.8 Å². The van der Waals surface area contributed by atoms with Crippen LogP contribution in [0.2, 0.25) is 0 Å². The zero-order valence-electron chi connectivity index (χ0n) is 10.3. The van der Waals surface area contributed by atoms with Crippen LogP contribution in [0.4, 0.5) is 0 Å². The lowest BCUT2D eigenvalue weighted by atomic mass is 10.2. The fourth-order valence-corrected chi connectivity index (χ4v) is 1.09. The molecule has 0 aromatic heterocycles. The molecule has 0 heterocycles. The van der Waals surface area contributed by atoms with Crippen molar-refractivity contribution in [1.82, 2.24) is 5.32 Å². The molecule has 5 nitrogen and oxygen atoms in total. The van der Waals surface area contributed by atoms with Crippen LogP contribution < -0.4 is 5.32 Å². The molecule has 0 saturated carbocycles. The van der Waals surface area contributed by atoms with Gasteiger partial charge in [0.1, 0.15) is 12.1 Å². The summed E-state index contributed by atoms with van der Waals surface area (Å²) in [6.45, 7) is 8.41. The van der Waals surface area contributed by atoms with Gasteiger partial charge in [-0.2, -0.15) is 0 Å². The van der Waals surface area contributed by atoms with Crippen molar-refractivity contribution in [2.24, 2.45) is 4.99 Å². The normalized spacial score (nSPS) is 11.9. The quantitative estimate of drug-likeness (QED) is 0.448. The first-order valence-corrected chi connectivity index (χ1v) is 5.58. The van der Waals surface area contributed by atoms with E-state index in [1.807, 2.05) is 0 Å². The smallest absolute Gasteiger partial charge is 0.325 e. The van der Waals surface area contributed by atoms with E-state index in [2.05, 4.69) is 29.7 Å². The summed E-state index contributed by atoms with van der Waals surface area (Å²) in [6, 6.07) is 0. The van der Waals surface area contributed by atoms with E-state index in [-0.39, 0.29) is 20.3 Å². The Morgan fingerprint density at radius 2 is 2.12 bits per heavy atom. The minimum absolute atomic E-state index is 0. The molecule has 0 aromatic rings. The molecule has 17 heavy (non-hydrogen) atoms. The molecule has 98 valence electrons. The van der Waals surface area contributed by atoms with E-state index in [1.54, 1.807) is 20.8 Å². The Hall–Kier alpha value is -1.30. The number of rotatable bonds is 5. The molecule has 0 aliphatic heterocycles. The van der Waals surface area contributed by atoms with Crippen LogP contribution in [0.3, 0.4) is 0 Å². The Kier molecular flexibility index (Phi) is 6.57. The summed E-state index contributed by atoms with van der Waals surface area (Å²) in [6.07, 6.45) is 0.0375. The number of nitrogens with one attached hydrogen (secondary N) is 1. The highest BCUT2D eigenvalue weighted by Gasteiger charge is 2.16. The van der Waals surface area contributed by atoms with E-state index in [0.29, 0.717) is 5.70 Å². The van der Waals surface area contributed by atoms with E-state index in [9.17, 15) is 9.59 Å². The third-order valence-corrected chi connectivity index (χ3v) is 1.84. The number of hydrogen-bond acceptors (Lipinski definition) is 5. The molecule has 0 radical (unpaired) electrons. The molecule has 0 aliphatic rings. The summed E-state index contributed by atoms with van der Waals surface area (Å²) in [5, 5.41) is 3.82. The summed E-state index contributed by atoms with van der Waals surface area (Å²) in [5.74, 6) is -0.808. The molecule has 1 amide bonds. The van der Waals surface area contributed by atoms with Crippen molar-refractivity contribution in [3.63, 3.8) is 0 Å². The fourth-order valence-electron chi connectivity index (χ4n) is 0.918. The largest absolute Gasteiger partial charge is 0.459 e. The van der Waals surface area contributed by atoms with Gasteiger partial charge in [-0.1, -0.05) is 0 Å². The number of carbonyl (C=O) groups is 2. The standard InChI is InChI=1S/C11H18N2O3S.H2/c1-11(2,3)16-10(15)6-13-9(14)5-8(7-17)12-4;/h7,17H,4-6H2,1-3H3,(H,13,14);1H/b8-7-;. The van der Waals surface area contributed by atoms with E-state index < -0.39 is 11.6 Å². The van der Waals surface area contributed by atoms with Gasteiger partial charge < -0.3 is 10.1 Å². The number of ether oxygens (including phenoxy) is 1. The van der Waals surface area contributed by atoms with E-state index in [0.717, 1.165) is 0 Å². The Morgan fingerprint density at radius 3 is 2.53 bits per heavy atom. The van der Waals surface area contributed by atoms with Gasteiger partial charge in [0, 0.05) is 1.43 Å². The average molecular weight is 260 g/mol. The number of carbonyl (C=O) groups excluding carboxylic acids is 2. The first kappa shape index (κ1) is 15.7. The number of nitrogens with zero attached hydrogens (tertiary/aromatic N) is 1. The summed E-state index contributed by atoms with van der Waals surface area (Å²) in [7, 11) is 0. The maximum Gasteiger partial charge on any atom is 0.325 e. The van der Waals surface area contributed by atoms with Gasteiger partial charge in [-0.15, -0.1) is 12.6 Å². The predicted molar refractivity (Wildman–Crippen MR) is 72.2 cm³/mol. The molecular weight excluding hydrogens is 240 g/mol. The summed E-state index contributed by atoms with van der Waals surface area (Å²) in [5.41, 5.74) is -0.115. The van der Waals surface area contributed by atoms with Crippen molar-refractivity contribution in [3.8, 4) is 0 Å². The molecule has 6 heteroatoms.